The van der Waals surface area contributed by atoms with Crippen LogP contribution in [-0.2, 0) is 13.9 Å². The lowest BCUT2D eigenvalue weighted by molar-refractivity contribution is -0.0981. The van der Waals surface area contributed by atoms with Gasteiger partial charge in [-0.3, -0.25) is 0 Å². The van der Waals surface area contributed by atoms with Crippen LogP contribution in [0.5, 0.6) is 11.5 Å². The van der Waals surface area contributed by atoms with Gasteiger partial charge in [-0.1, -0.05) is 146 Å². The van der Waals surface area contributed by atoms with Crippen molar-refractivity contribution in [2.24, 2.45) is 29.6 Å². The molecule has 0 heterocycles. The summed E-state index contributed by atoms with van der Waals surface area (Å²) in [5.41, 5.74) is 1.33. The predicted molar refractivity (Wildman–Crippen MR) is 270 cm³/mol. The molecule has 0 radical (unpaired) electrons. The molecular formula is C55H78O5PSi+. The molecule has 8 atom stereocenters. The molecule has 5 nitrogen and oxygen atoms in total. The van der Waals surface area contributed by atoms with E-state index in [1.807, 2.05) is 36.4 Å². The molecule has 4 aromatic rings. The van der Waals surface area contributed by atoms with Crippen molar-refractivity contribution in [1.29, 1.82) is 0 Å². The van der Waals surface area contributed by atoms with Crippen LogP contribution in [0.4, 0.5) is 0 Å². The molecule has 0 aliphatic rings. The summed E-state index contributed by atoms with van der Waals surface area (Å²) in [6.07, 6.45) is 10.1. The normalized spacial score (nSPS) is 16.8. The van der Waals surface area contributed by atoms with E-state index in [4.69, 9.17) is 23.4 Å². The van der Waals surface area contributed by atoms with E-state index in [1.165, 1.54) is 21.5 Å². The zero-order valence-corrected chi connectivity index (χ0v) is 42.1. The molecule has 4 rings (SSSR count). The lowest BCUT2D eigenvalue weighted by Crippen LogP contribution is -2.50. The van der Waals surface area contributed by atoms with Gasteiger partial charge in [-0.15, -0.1) is 0 Å². The fraction of sp³-hybridized carbons (Fsp3) is 0.455. The van der Waals surface area contributed by atoms with E-state index < -0.39 is 15.6 Å². The lowest BCUT2D eigenvalue weighted by Gasteiger charge is -2.45. The Morgan fingerprint density at radius 1 is 0.677 bits per heavy atom. The van der Waals surface area contributed by atoms with Gasteiger partial charge < -0.3 is 23.4 Å². The summed E-state index contributed by atoms with van der Waals surface area (Å²) in [5, 5.41) is 4.19. The molecule has 0 bridgehead atoms. The van der Waals surface area contributed by atoms with Crippen molar-refractivity contribution < 1.29 is 23.4 Å². The first kappa shape index (κ1) is 50.9. The Labute approximate surface area is 378 Å². The zero-order valence-electron chi connectivity index (χ0n) is 40.2. The number of benzene rings is 4. The first-order valence-electron chi connectivity index (χ1n) is 22.6. The average molecular weight is 878 g/mol. The van der Waals surface area contributed by atoms with Gasteiger partial charge in [-0.2, -0.15) is 0 Å². The molecule has 62 heavy (non-hydrogen) atoms. The summed E-state index contributed by atoms with van der Waals surface area (Å²) in [6, 6.07) is 41.3. The monoisotopic (exact) mass is 878 g/mol. The van der Waals surface area contributed by atoms with Crippen LogP contribution < -0.4 is 25.4 Å². The molecule has 0 amide bonds. The van der Waals surface area contributed by atoms with Crippen molar-refractivity contribution in [3.05, 3.63) is 152 Å². The summed E-state index contributed by atoms with van der Waals surface area (Å²) in [5.74, 6) is 2.34. The highest BCUT2D eigenvalue weighted by molar-refractivity contribution is 7.95. The van der Waals surface area contributed by atoms with E-state index in [0.29, 0.717) is 0 Å². The van der Waals surface area contributed by atoms with Gasteiger partial charge in [0.2, 0.25) is 0 Å². The minimum Gasteiger partial charge on any atom is -0.497 e. The fourth-order valence-corrected chi connectivity index (χ4v) is 15.0. The van der Waals surface area contributed by atoms with Crippen molar-refractivity contribution in [3.63, 3.8) is 0 Å². The first-order chi connectivity index (χ1) is 29.5. The van der Waals surface area contributed by atoms with E-state index in [-0.39, 0.29) is 59.7 Å². The van der Waals surface area contributed by atoms with E-state index >= 15 is 0 Å². The van der Waals surface area contributed by atoms with E-state index in [1.54, 1.807) is 14.2 Å². The Morgan fingerprint density at radius 3 is 1.63 bits per heavy atom. The van der Waals surface area contributed by atoms with Crippen LogP contribution >= 0.6 is 7.26 Å². The Bertz CT molecular complexity index is 1860. The molecule has 0 saturated carbocycles. The van der Waals surface area contributed by atoms with Gasteiger partial charge in [-0.05, 0) is 98.1 Å². The van der Waals surface area contributed by atoms with Crippen LogP contribution in [0.25, 0.3) is 0 Å². The molecule has 336 valence electrons. The molecule has 0 spiro atoms. The Morgan fingerprint density at radius 2 is 1.18 bits per heavy atom. The van der Waals surface area contributed by atoms with Gasteiger partial charge in [0.25, 0.3) is 0 Å². The number of hydrogen-bond donors (Lipinski definition) is 0. The molecular weight excluding hydrogens is 800 g/mol. The first-order valence-corrected chi connectivity index (χ1v) is 27.5. The fourth-order valence-electron chi connectivity index (χ4n) is 8.88. The highest BCUT2D eigenvalue weighted by Gasteiger charge is 2.48. The number of allylic oxidation sites excluding steroid dienone is 3. The minimum atomic E-state index is -2.20. The van der Waals surface area contributed by atoms with Gasteiger partial charge >= 0.3 is 0 Å². The van der Waals surface area contributed by atoms with Gasteiger partial charge in [0.05, 0.1) is 25.5 Å². The third-order valence-electron chi connectivity index (χ3n) is 13.0. The van der Waals surface area contributed by atoms with Crippen molar-refractivity contribution in [3.8, 4) is 11.5 Å². The predicted octanol–water partition coefficient (Wildman–Crippen LogP) is 13.1. The van der Waals surface area contributed by atoms with Crippen molar-refractivity contribution in [2.45, 2.75) is 105 Å². The standard InChI is InChI=1S/C55H78O5PSi/c1-15-16-26-42(3)53(59-48-35-33-47(57-12)34-36-48)46(7)54(60-62(13,14)55(8,9)10)44(5)38-41(2)37-43(4)52(58-40-56-11)45(6)39-61(49-27-20-17-21-28-49,50-29-22-18-23-30-50)51-31-24-19-25-32-51/h15-37,42-46,52-54H,1,38-40H2,2-14H3/q+1/b26-16-,41-37-/t42-,43+,44-,45+,46-,52+,53+,54+/m0/s1. The van der Waals surface area contributed by atoms with Crippen molar-refractivity contribution >= 4 is 31.5 Å². The minimum absolute atomic E-state index is 0.0456. The van der Waals surface area contributed by atoms with E-state index in [2.05, 4.69) is 185 Å². The van der Waals surface area contributed by atoms with E-state index in [0.717, 1.165) is 24.1 Å². The molecule has 0 fully saturated rings. The number of ether oxygens (including phenoxy) is 4. The van der Waals surface area contributed by atoms with Crippen molar-refractivity contribution in [2.75, 3.05) is 27.2 Å². The summed E-state index contributed by atoms with van der Waals surface area (Å²) < 4.78 is 32.2. The third kappa shape index (κ3) is 13.4. The molecule has 0 unspecified atom stereocenters. The largest absolute Gasteiger partial charge is 0.497 e. The summed E-state index contributed by atoms with van der Waals surface area (Å²) in [4.78, 5) is 0. The van der Waals surface area contributed by atoms with Gasteiger partial charge in [0.1, 0.15) is 47.6 Å². The van der Waals surface area contributed by atoms with Gasteiger partial charge in [-0.25, -0.2) is 0 Å². The van der Waals surface area contributed by atoms with Crippen LogP contribution in [0.3, 0.4) is 0 Å². The Balaban J connectivity index is 1.71. The third-order valence-corrected chi connectivity index (χ3v) is 22.2. The van der Waals surface area contributed by atoms with Crippen LogP contribution in [-0.4, -0.2) is 53.8 Å². The average Bonchev–Trinajstić information content (AvgIpc) is 3.26. The van der Waals surface area contributed by atoms with Crippen LogP contribution in [0.1, 0.15) is 68.7 Å². The highest BCUT2D eigenvalue weighted by atomic mass is 31.2. The van der Waals surface area contributed by atoms with Gasteiger partial charge in [0, 0.05) is 30.8 Å². The molecule has 0 N–H and O–H groups in total. The van der Waals surface area contributed by atoms with Crippen LogP contribution in [0.15, 0.2) is 152 Å². The molecule has 0 aliphatic heterocycles. The maximum absolute atomic E-state index is 7.49. The molecule has 7 heteroatoms. The van der Waals surface area contributed by atoms with Crippen LogP contribution in [0.2, 0.25) is 18.1 Å². The Hall–Kier alpha value is -3.77. The van der Waals surface area contributed by atoms with E-state index in [9.17, 15) is 0 Å². The van der Waals surface area contributed by atoms with Crippen molar-refractivity contribution in [1.82, 2.24) is 0 Å². The molecule has 4 aromatic carbocycles. The smallest absolute Gasteiger partial charge is 0.192 e. The highest BCUT2D eigenvalue weighted by Crippen LogP contribution is 2.57. The lowest BCUT2D eigenvalue weighted by atomic mass is 9.81. The maximum atomic E-state index is 7.49. The summed E-state index contributed by atoms with van der Waals surface area (Å²) >= 11 is 0. The Kier molecular flexibility index (Phi) is 19.5. The number of rotatable bonds is 24. The quantitative estimate of drug-likeness (QED) is 0.0231. The molecule has 0 saturated heterocycles. The number of methoxy groups -OCH3 is 2. The maximum Gasteiger partial charge on any atom is 0.192 e. The second kappa shape index (κ2) is 23.8. The topological polar surface area (TPSA) is 46.2 Å². The summed E-state index contributed by atoms with van der Waals surface area (Å²) in [7, 11) is -0.882. The molecule has 0 aromatic heterocycles. The van der Waals surface area contributed by atoms with Gasteiger partial charge in [0.15, 0.2) is 8.32 Å². The SMILES string of the molecule is C=C/C=C\[C@H](C)[C@@H](Oc1ccc(OC)cc1)[C@H](C)[C@H](O[Si](C)(C)C(C)(C)C)[C@@H](C)C/C(C)=C\[C@@H](C)[C@@H](OCOC)[C@H](C)C[P+](c1ccccc1)(c1ccccc1)c1ccccc1. The van der Waals surface area contributed by atoms with Crippen LogP contribution in [0, 0.1) is 29.6 Å². The number of hydrogen-bond acceptors (Lipinski definition) is 5. The second-order valence-corrected chi connectivity index (χ2v) is 27.3. The molecule has 0 aliphatic carbocycles. The summed E-state index contributed by atoms with van der Waals surface area (Å²) in [6.45, 7) is 29.8. The second-order valence-electron chi connectivity index (χ2n) is 19.0. The zero-order chi connectivity index (χ0) is 45.5.